The van der Waals surface area contributed by atoms with Crippen molar-refractivity contribution in [1.29, 1.82) is 0 Å². The van der Waals surface area contributed by atoms with Crippen molar-refractivity contribution >= 4 is 23.0 Å². The number of halogens is 4. The molecule has 1 aliphatic heterocycles. The standard InChI is InChI=1S/C24H22ClF3N2O/c25-19-10-6-7-17(13-19)14-29-15-22(18-8-2-1-3-9-18)30(16-23(31)24(26,27)28)21-12-5-4-11-20(21)29/h1-13,22-23,31H,14-16H2. The first-order valence-electron chi connectivity index (χ1n) is 9.98. The second-order valence-electron chi connectivity index (χ2n) is 7.64. The van der Waals surface area contributed by atoms with Crippen LogP contribution in [0, 0.1) is 0 Å². The van der Waals surface area contributed by atoms with Gasteiger partial charge in [-0.15, -0.1) is 0 Å². The number of para-hydroxylation sites is 2. The third-order valence-corrected chi connectivity index (χ3v) is 5.73. The maximum atomic E-state index is 13.2. The number of hydrogen-bond donors (Lipinski definition) is 1. The van der Waals surface area contributed by atoms with Crippen LogP contribution in [0.2, 0.25) is 5.02 Å². The topological polar surface area (TPSA) is 26.7 Å². The number of benzene rings is 3. The summed E-state index contributed by atoms with van der Waals surface area (Å²) in [5, 5.41) is 10.5. The predicted octanol–water partition coefficient (Wildman–Crippen LogP) is 5.83. The fourth-order valence-corrected chi connectivity index (χ4v) is 4.24. The Labute approximate surface area is 184 Å². The van der Waals surface area contributed by atoms with E-state index in [1.807, 2.05) is 66.7 Å². The van der Waals surface area contributed by atoms with Crippen LogP contribution < -0.4 is 9.80 Å². The van der Waals surface area contributed by atoms with Crippen LogP contribution in [0.1, 0.15) is 17.2 Å². The quantitative estimate of drug-likeness (QED) is 0.534. The Balaban J connectivity index is 1.75. The molecule has 3 aromatic carbocycles. The van der Waals surface area contributed by atoms with Gasteiger partial charge in [0.15, 0.2) is 6.10 Å². The fraction of sp³-hybridized carbons (Fsp3) is 0.250. The average Bonchev–Trinajstić information content (AvgIpc) is 2.75. The number of rotatable bonds is 5. The van der Waals surface area contributed by atoms with Gasteiger partial charge >= 0.3 is 6.18 Å². The van der Waals surface area contributed by atoms with E-state index in [0.717, 1.165) is 16.8 Å². The lowest BCUT2D eigenvalue weighted by molar-refractivity contribution is -0.200. The summed E-state index contributed by atoms with van der Waals surface area (Å²) in [6, 6.07) is 24.0. The highest BCUT2D eigenvalue weighted by Crippen LogP contribution is 2.42. The summed E-state index contributed by atoms with van der Waals surface area (Å²) in [6.07, 6.45) is -7.13. The third-order valence-electron chi connectivity index (χ3n) is 5.50. The Kier molecular flexibility index (Phi) is 6.12. The van der Waals surface area contributed by atoms with Gasteiger partial charge in [0.1, 0.15) is 0 Å². The average molecular weight is 447 g/mol. The summed E-state index contributed by atoms with van der Waals surface area (Å²) >= 11 is 6.15. The molecule has 3 aromatic rings. The first-order valence-corrected chi connectivity index (χ1v) is 10.4. The summed E-state index contributed by atoms with van der Waals surface area (Å²) < 4.78 is 39.6. The van der Waals surface area contributed by atoms with Crippen molar-refractivity contribution < 1.29 is 18.3 Å². The maximum Gasteiger partial charge on any atom is 0.416 e. The van der Waals surface area contributed by atoms with Gasteiger partial charge in [0.25, 0.3) is 0 Å². The molecule has 0 aliphatic carbocycles. The molecule has 1 aliphatic rings. The van der Waals surface area contributed by atoms with Gasteiger partial charge in [0, 0.05) is 18.1 Å². The minimum atomic E-state index is -4.69. The largest absolute Gasteiger partial charge is 0.416 e. The van der Waals surface area contributed by atoms with Gasteiger partial charge in [0.05, 0.1) is 24.0 Å². The molecule has 0 spiro atoms. The highest BCUT2D eigenvalue weighted by atomic mass is 35.5. The summed E-state index contributed by atoms with van der Waals surface area (Å²) in [5.41, 5.74) is 3.39. The van der Waals surface area contributed by atoms with Crippen LogP contribution in [-0.4, -0.2) is 30.5 Å². The highest BCUT2D eigenvalue weighted by molar-refractivity contribution is 6.30. The van der Waals surface area contributed by atoms with Crippen molar-refractivity contribution in [3.05, 3.63) is 95.0 Å². The van der Waals surface area contributed by atoms with Crippen molar-refractivity contribution in [2.24, 2.45) is 0 Å². The molecule has 1 heterocycles. The molecular formula is C24H22ClF3N2O. The van der Waals surface area contributed by atoms with Gasteiger partial charge in [-0.3, -0.25) is 0 Å². The fourth-order valence-electron chi connectivity index (χ4n) is 4.03. The number of anilines is 2. The van der Waals surface area contributed by atoms with Gasteiger partial charge in [-0.05, 0) is 35.4 Å². The Morgan fingerprint density at radius 1 is 0.935 bits per heavy atom. The molecule has 7 heteroatoms. The van der Waals surface area contributed by atoms with Crippen molar-refractivity contribution in [3.8, 4) is 0 Å². The number of β-amino-alcohol motifs (C(OH)–C–C–N with tert-alkyl or cyclic N) is 1. The van der Waals surface area contributed by atoms with E-state index in [0.29, 0.717) is 23.8 Å². The molecule has 0 amide bonds. The van der Waals surface area contributed by atoms with Crippen LogP contribution in [0.15, 0.2) is 78.9 Å². The second-order valence-corrected chi connectivity index (χ2v) is 8.07. The number of nitrogens with zero attached hydrogens (tertiary/aromatic N) is 2. The van der Waals surface area contributed by atoms with E-state index in [1.54, 1.807) is 17.0 Å². The van der Waals surface area contributed by atoms with E-state index in [9.17, 15) is 18.3 Å². The predicted molar refractivity (Wildman–Crippen MR) is 118 cm³/mol. The molecule has 31 heavy (non-hydrogen) atoms. The van der Waals surface area contributed by atoms with Crippen LogP contribution in [0.25, 0.3) is 0 Å². The third kappa shape index (κ3) is 4.81. The summed E-state index contributed by atoms with van der Waals surface area (Å²) in [7, 11) is 0. The summed E-state index contributed by atoms with van der Waals surface area (Å²) in [6.45, 7) is 0.500. The number of aliphatic hydroxyl groups excluding tert-OH is 1. The van der Waals surface area contributed by atoms with Gasteiger partial charge in [-0.25, -0.2) is 0 Å². The highest BCUT2D eigenvalue weighted by Gasteiger charge is 2.42. The molecule has 2 atom stereocenters. The molecule has 0 saturated heterocycles. The molecule has 0 saturated carbocycles. The molecule has 4 rings (SSSR count). The van der Waals surface area contributed by atoms with E-state index < -0.39 is 18.8 Å². The zero-order valence-electron chi connectivity index (χ0n) is 16.6. The van der Waals surface area contributed by atoms with Gasteiger partial charge < -0.3 is 14.9 Å². The Morgan fingerprint density at radius 2 is 1.61 bits per heavy atom. The lowest BCUT2D eigenvalue weighted by atomic mass is 9.98. The zero-order valence-corrected chi connectivity index (χ0v) is 17.4. The van der Waals surface area contributed by atoms with E-state index in [1.165, 1.54) is 0 Å². The van der Waals surface area contributed by atoms with Crippen molar-refractivity contribution in [2.45, 2.75) is 24.9 Å². The van der Waals surface area contributed by atoms with Crippen LogP contribution >= 0.6 is 11.6 Å². The number of alkyl halides is 3. The molecule has 0 radical (unpaired) electrons. The zero-order chi connectivity index (χ0) is 22.0. The van der Waals surface area contributed by atoms with Gasteiger partial charge in [0.2, 0.25) is 0 Å². The van der Waals surface area contributed by atoms with E-state index in [-0.39, 0.29) is 6.04 Å². The molecule has 1 N–H and O–H groups in total. The normalized spacial score (nSPS) is 17.4. The Hall–Kier alpha value is -2.70. The molecule has 162 valence electrons. The molecular weight excluding hydrogens is 425 g/mol. The molecule has 0 fully saturated rings. The van der Waals surface area contributed by atoms with E-state index >= 15 is 0 Å². The van der Waals surface area contributed by atoms with Gasteiger partial charge in [-0.2, -0.15) is 13.2 Å². The minimum Gasteiger partial charge on any atom is -0.382 e. The monoisotopic (exact) mass is 446 g/mol. The van der Waals surface area contributed by atoms with E-state index in [4.69, 9.17) is 11.6 Å². The Morgan fingerprint density at radius 3 is 2.29 bits per heavy atom. The molecule has 0 bridgehead atoms. The van der Waals surface area contributed by atoms with Crippen LogP contribution in [0.4, 0.5) is 24.5 Å². The van der Waals surface area contributed by atoms with Crippen molar-refractivity contribution in [1.82, 2.24) is 0 Å². The van der Waals surface area contributed by atoms with Crippen molar-refractivity contribution in [2.75, 3.05) is 22.9 Å². The van der Waals surface area contributed by atoms with Crippen LogP contribution in [-0.2, 0) is 6.54 Å². The summed E-state index contributed by atoms with van der Waals surface area (Å²) in [5.74, 6) is 0. The maximum absolute atomic E-state index is 13.2. The smallest absolute Gasteiger partial charge is 0.382 e. The van der Waals surface area contributed by atoms with Crippen molar-refractivity contribution in [3.63, 3.8) is 0 Å². The lowest BCUT2D eigenvalue weighted by Crippen LogP contribution is -2.49. The Bertz CT molecular complexity index is 1030. The van der Waals surface area contributed by atoms with E-state index in [2.05, 4.69) is 4.90 Å². The molecule has 2 unspecified atom stereocenters. The second kappa shape index (κ2) is 8.81. The number of fused-ring (bicyclic) bond motifs is 1. The minimum absolute atomic E-state index is 0.354. The van der Waals surface area contributed by atoms with Gasteiger partial charge in [-0.1, -0.05) is 66.2 Å². The van der Waals surface area contributed by atoms with Crippen LogP contribution in [0.3, 0.4) is 0 Å². The number of aliphatic hydroxyl groups is 1. The lowest BCUT2D eigenvalue weighted by Gasteiger charge is -2.45. The van der Waals surface area contributed by atoms with Crippen LogP contribution in [0.5, 0.6) is 0 Å². The number of hydrogen-bond acceptors (Lipinski definition) is 3. The first-order chi connectivity index (χ1) is 14.8. The summed E-state index contributed by atoms with van der Waals surface area (Å²) in [4.78, 5) is 3.81. The molecule has 0 aromatic heterocycles. The SMILES string of the molecule is OC(CN1c2ccccc2N(Cc2cccc(Cl)c2)CC1c1ccccc1)C(F)(F)F. The first kappa shape index (κ1) is 21.5. The molecule has 3 nitrogen and oxygen atoms in total.